The number of carbonyl (C=O) groups excluding carboxylic acids is 1. The van der Waals surface area contributed by atoms with E-state index in [1.807, 2.05) is 6.92 Å². The summed E-state index contributed by atoms with van der Waals surface area (Å²) in [6, 6.07) is 1.72. The Morgan fingerprint density at radius 1 is 1.50 bits per heavy atom. The molecule has 0 saturated carbocycles. The van der Waals surface area contributed by atoms with Crippen LogP contribution in [0, 0.1) is 11.3 Å². The van der Waals surface area contributed by atoms with E-state index < -0.39 is 5.91 Å². The molecule has 0 bridgehead atoms. The van der Waals surface area contributed by atoms with Crippen LogP contribution in [0.15, 0.2) is 12.2 Å². The second-order valence-corrected chi connectivity index (χ2v) is 3.50. The van der Waals surface area contributed by atoms with Crippen molar-refractivity contribution in [3.63, 3.8) is 0 Å². The molecule has 1 unspecified atom stereocenters. The van der Waals surface area contributed by atoms with E-state index in [0.717, 1.165) is 25.7 Å². The van der Waals surface area contributed by atoms with Gasteiger partial charge < -0.3 is 10.1 Å². The SMILES string of the molecule is C=C(C#N)C(=O)NC(CCCCC)OCC. The molecular weight excluding hydrogens is 204 g/mol. The molecule has 0 radical (unpaired) electrons. The second-order valence-electron chi connectivity index (χ2n) is 3.50. The Morgan fingerprint density at radius 3 is 2.69 bits per heavy atom. The van der Waals surface area contributed by atoms with E-state index in [-0.39, 0.29) is 11.8 Å². The molecule has 0 spiro atoms. The molecule has 0 aromatic carbocycles. The Balaban J connectivity index is 4.07. The average Bonchev–Trinajstić information content (AvgIpc) is 2.28. The van der Waals surface area contributed by atoms with Crippen molar-refractivity contribution in [1.29, 1.82) is 5.26 Å². The largest absolute Gasteiger partial charge is 0.359 e. The zero-order valence-corrected chi connectivity index (χ0v) is 10.1. The van der Waals surface area contributed by atoms with Crippen LogP contribution in [0.5, 0.6) is 0 Å². The Morgan fingerprint density at radius 2 is 2.19 bits per heavy atom. The normalized spacial score (nSPS) is 11.6. The third-order valence-corrected chi connectivity index (χ3v) is 2.14. The first kappa shape index (κ1) is 14.7. The number of nitrogens with one attached hydrogen (secondary N) is 1. The fourth-order valence-corrected chi connectivity index (χ4v) is 1.26. The van der Waals surface area contributed by atoms with Gasteiger partial charge in [-0.05, 0) is 19.8 Å². The van der Waals surface area contributed by atoms with Gasteiger partial charge in [0.1, 0.15) is 17.9 Å². The Hall–Kier alpha value is -1.34. The zero-order valence-electron chi connectivity index (χ0n) is 10.1. The molecule has 4 nitrogen and oxygen atoms in total. The standard InChI is InChI=1S/C12H20N2O2/c1-4-6-7-8-11(16-5-2)14-12(15)10(3)9-13/h11H,3-8H2,1-2H3,(H,14,15). The maximum absolute atomic E-state index is 11.4. The number of carbonyl (C=O) groups is 1. The number of nitriles is 1. The summed E-state index contributed by atoms with van der Waals surface area (Å²) in [5, 5.41) is 11.2. The van der Waals surface area contributed by atoms with Gasteiger partial charge >= 0.3 is 0 Å². The molecule has 4 heteroatoms. The first-order chi connectivity index (χ1) is 7.65. The van der Waals surface area contributed by atoms with Crippen LogP contribution in [0.3, 0.4) is 0 Å². The van der Waals surface area contributed by atoms with Crippen LogP contribution < -0.4 is 5.32 Å². The molecule has 0 aliphatic heterocycles. The minimum absolute atomic E-state index is 0.0832. The first-order valence-electron chi connectivity index (χ1n) is 5.67. The summed E-state index contributed by atoms with van der Waals surface area (Å²) in [6.07, 6.45) is 3.69. The van der Waals surface area contributed by atoms with E-state index in [1.165, 1.54) is 0 Å². The lowest BCUT2D eigenvalue weighted by Gasteiger charge is -2.18. The number of amides is 1. The van der Waals surface area contributed by atoms with E-state index in [4.69, 9.17) is 10.00 Å². The monoisotopic (exact) mass is 224 g/mol. The Bertz CT molecular complexity index is 269. The molecule has 0 fully saturated rings. The molecule has 0 saturated heterocycles. The van der Waals surface area contributed by atoms with E-state index in [0.29, 0.717) is 6.61 Å². The van der Waals surface area contributed by atoms with Crippen molar-refractivity contribution in [3.8, 4) is 6.07 Å². The average molecular weight is 224 g/mol. The second kappa shape index (κ2) is 8.93. The van der Waals surface area contributed by atoms with Crippen molar-refractivity contribution >= 4 is 5.91 Å². The highest BCUT2D eigenvalue weighted by molar-refractivity contribution is 5.96. The van der Waals surface area contributed by atoms with Crippen molar-refractivity contribution in [1.82, 2.24) is 5.32 Å². The highest BCUT2D eigenvalue weighted by atomic mass is 16.5. The zero-order chi connectivity index (χ0) is 12.4. The molecule has 0 aromatic rings. The van der Waals surface area contributed by atoms with Gasteiger partial charge in [-0.25, -0.2) is 0 Å². The van der Waals surface area contributed by atoms with Gasteiger partial charge in [-0.1, -0.05) is 26.3 Å². The van der Waals surface area contributed by atoms with Crippen LogP contribution in [0.4, 0.5) is 0 Å². The topological polar surface area (TPSA) is 62.1 Å². The maximum Gasteiger partial charge on any atom is 0.263 e. The Labute approximate surface area is 97.3 Å². The summed E-state index contributed by atoms with van der Waals surface area (Å²) >= 11 is 0. The summed E-state index contributed by atoms with van der Waals surface area (Å²) in [4.78, 5) is 11.4. The van der Waals surface area contributed by atoms with Gasteiger partial charge in [-0.15, -0.1) is 0 Å². The van der Waals surface area contributed by atoms with Gasteiger partial charge in [-0.2, -0.15) is 5.26 Å². The lowest BCUT2D eigenvalue weighted by molar-refractivity contribution is -0.121. The summed E-state index contributed by atoms with van der Waals surface area (Å²) in [5.74, 6) is -0.447. The first-order valence-corrected chi connectivity index (χ1v) is 5.67. The summed E-state index contributed by atoms with van der Waals surface area (Å²) in [5.41, 5.74) is -0.0832. The number of nitrogens with zero attached hydrogens (tertiary/aromatic N) is 1. The molecule has 0 aromatic heterocycles. The molecule has 0 heterocycles. The van der Waals surface area contributed by atoms with Crippen LogP contribution >= 0.6 is 0 Å². The van der Waals surface area contributed by atoms with Crippen LogP contribution in [0.1, 0.15) is 39.5 Å². The van der Waals surface area contributed by atoms with Gasteiger partial charge in [0.15, 0.2) is 0 Å². The van der Waals surface area contributed by atoms with Crippen LogP contribution in [-0.2, 0) is 9.53 Å². The molecule has 1 amide bonds. The molecular formula is C12H20N2O2. The fraction of sp³-hybridized carbons (Fsp3) is 0.667. The van der Waals surface area contributed by atoms with Crippen LogP contribution in [-0.4, -0.2) is 18.7 Å². The molecule has 90 valence electrons. The molecule has 0 rings (SSSR count). The van der Waals surface area contributed by atoms with Crippen molar-refractivity contribution in [2.24, 2.45) is 0 Å². The van der Waals surface area contributed by atoms with Gasteiger partial charge in [0.05, 0.1) is 0 Å². The minimum Gasteiger partial charge on any atom is -0.359 e. The van der Waals surface area contributed by atoms with E-state index in [9.17, 15) is 4.79 Å². The van der Waals surface area contributed by atoms with Gasteiger partial charge in [0.2, 0.25) is 0 Å². The molecule has 1 atom stereocenters. The quantitative estimate of drug-likeness (QED) is 0.297. The Kier molecular flexibility index (Phi) is 8.18. The molecule has 0 aliphatic carbocycles. The predicted molar refractivity (Wildman–Crippen MR) is 62.5 cm³/mol. The lowest BCUT2D eigenvalue weighted by atomic mass is 10.2. The lowest BCUT2D eigenvalue weighted by Crippen LogP contribution is -2.37. The summed E-state index contributed by atoms with van der Waals surface area (Å²) in [7, 11) is 0. The van der Waals surface area contributed by atoms with Crippen molar-refractivity contribution in [2.45, 2.75) is 45.8 Å². The van der Waals surface area contributed by atoms with Gasteiger partial charge in [-0.3, -0.25) is 4.79 Å². The molecule has 1 N–H and O–H groups in total. The van der Waals surface area contributed by atoms with Crippen molar-refractivity contribution < 1.29 is 9.53 Å². The van der Waals surface area contributed by atoms with Crippen LogP contribution in [0.25, 0.3) is 0 Å². The number of unbranched alkanes of at least 4 members (excludes halogenated alkanes) is 2. The minimum atomic E-state index is -0.447. The number of rotatable bonds is 8. The molecule has 0 aliphatic rings. The summed E-state index contributed by atoms with van der Waals surface area (Å²) < 4.78 is 5.37. The van der Waals surface area contributed by atoms with Crippen molar-refractivity contribution in [3.05, 3.63) is 12.2 Å². The van der Waals surface area contributed by atoms with Gasteiger partial charge in [0, 0.05) is 6.61 Å². The maximum atomic E-state index is 11.4. The predicted octanol–water partition coefficient (Wildman–Crippen LogP) is 2.13. The number of ether oxygens (including phenoxy) is 1. The third-order valence-electron chi connectivity index (χ3n) is 2.14. The summed E-state index contributed by atoms with van der Waals surface area (Å²) in [6.45, 7) is 7.88. The van der Waals surface area contributed by atoms with Gasteiger partial charge in [0.25, 0.3) is 5.91 Å². The number of hydrogen-bond acceptors (Lipinski definition) is 3. The fourth-order valence-electron chi connectivity index (χ4n) is 1.26. The van der Waals surface area contributed by atoms with Crippen molar-refractivity contribution in [2.75, 3.05) is 6.61 Å². The van der Waals surface area contributed by atoms with Crippen LogP contribution in [0.2, 0.25) is 0 Å². The highest BCUT2D eigenvalue weighted by Crippen LogP contribution is 2.05. The number of hydrogen-bond donors (Lipinski definition) is 1. The molecule has 16 heavy (non-hydrogen) atoms. The highest BCUT2D eigenvalue weighted by Gasteiger charge is 2.13. The van der Waals surface area contributed by atoms with E-state index >= 15 is 0 Å². The third kappa shape index (κ3) is 6.20. The van der Waals surface area contributed by atoms with E-state index in [1.54, 1.807) is 6.07 Å². The van der Waals surface area contributed by atoms with E-state index in [2.05, 4.69) is 18.8 Å². The smallest absolute Gasteiger partial charge is 0.263 e.